The number of rotatable bonds is 5. The first-order valence-electron chi connectivity index (χ1n) is 8.06. The van der Waals surface area contributed by atoms with Gasteiger partial charge in [0.2, 0.25) is 0 Å². The maximum Gasteiger partial charge on any atom is 0.124 e. The Morgan fingerprint density at radius 3 is 2.60 bits per heavy atom. The second kappa shape index (κ2) is 7.12. The van der Waals surface area contributed by atoms with Gasteiger partial charge in [-0.2, -0.15) is 0 Å². The van der Waals surface area contributed by atoms with Gasteiger partial charge in [0.25, 0.3) is 0 Å². The van der Waals surface area contributed by atoms with Gasteiger partial charge < -0.3 is 10.1 Å². The molecular weight excluding hydrogens is 246 g/mol. The fraction of sp³-hybridized carbons (Fsp3) is 0.667. The zero-order valence-electron chi connectivity index (χ0n) is 13.4. The Balaban J connectivity index is 2.19. The summed E-state index contributed by atoms with van der Waals surface area (Å²) >= 11 is 0. The molecule has 4 atom stereocenters. The molecule has 1 saturated carbocycles. The Labute approximate surface area is 123 Å². The van der Waals surface area contributed by atoms with Crippen molar-refractivity contribution in [2.45, 2.75) is 46.1 Å². The van der Waals surface area contributed by atoms with Gasteiger partial charge in [0.05, 0.1) is 6.61 Å². The summed E-state index contributed by atoms with van der Waals surface area (Å²) in [5.41, 5.74) is 1.32. The van der Waals surface area contributed by atoms with E-state index in [1.54, 1.807) is 0 Å². The average molecular weight is 275 g/mol. The van der Waals surface area contributed by atoms with Crippen LogP contribution in [0.15, 0.2) is 24.3 Å². The molecule has 1 aliphatic rings. The predicted octanol–water partition coefficient (Wildman–Crippen LogP) is 4.42. The zero-order valence-corrected chi connectivity index (χ0v) is 13.4. The first kappa shape index (κ1) is 15.4. The quantitative estimate of drug-likeness (QED) is 0.859. The van der Waals surface area contributed by atoms with Crippen molar-refractivity contribution in [2.75, 3.05) is 13.7 Å². The van der Waals surface area contributed by atoms with Crippen LogP contribution in [0.4, 0.5) is 0 Å². The highest BCUT2D eigenvalue weighted by Crippen LogP contribution is 2.41. The number of benzene rings is 1. The molecule has 1 aromatic carbocycles. The molecule has 2 heteroatoms. The van der Waals surface area contributed by atoms with Crippen LogP contribution in [0.25, 0.3) is 0 Å². The van der Waals surface area contributed by atoms with Gasteiger partial charge in [-0.3, -0.25) is 0 Å². The molecule has 1 N–H and O–H groups in total. The van der Waals surface area contributed by atoms with Gasteiger partial charge in [-0.25, -0.2) is 0 Å². The van der Waals surface area contributed by atoms with E-state index in [0.29, 0.717) is 12.0 Å². The first-order valence-corrected chi connectivity index (χ1v) is 8.06. The van der Waals surface area contributed by atoms with Crippen molar-refractivity contribution >= 4 is 0 Å². The van der Waals surface area contributed by atoms with Crippen LogP contribution in [0.3, 0.4) is 0 Å². The lowest BCUT2D eigenvalue weighted by molar-refractivity contribution is 0.172. The first-order chi connectivity index (χ1) is 9.67. The fourth-order valence-corrected chi connectivity index (χ4v) is 3.56. The molecule has 0 radical (unpaired) electrons. The third-order valence-electron chi connectivity index (χ3n) is 4.98. The van der Waals surface area contributed by atoms with Crippen molar-refractivity contribution in [1.82, 2.24) is 5.32 Å². The molecule has 1 aromatic rings. The molecule has 0 aromatic heterocycles. The SMILES string of the molecule is CCOc1ccccc1C(NC)C1CCC(C)C(C)C1. The molecule has 2 rings (SSSR count). The van der Waals surface area contributed by atoms with Crippen LogP contribution in [0.5, 0.6) is 5.75 Å². The molecule has 0 heterocycles. The van der Waals surface area contributed by atoms with Gasteiger partial charge in [-0.05, 0) is 50.6 Å². The van der Waals surface area contributed by atoms with E-state index in [-0.39, 0.29) is 0 Å². The Bertz CT molecular complexity index is 418. The van der Waals surface area contributed by atoms with E-state index in [2.05, 4.69) is 57.4 Å². The van der Waals surface area contributed by atoms with E-state index in [4.69, 9.17) is 4.74 Å². The minimum Gasteiger partial charge on any atom is -0.494 e. The van der Waals surface area contributed by atoms with Gasteiger partial charge in [0.1, 0.15) is 5.75 Å². The summed E-state index contributed by atoms with van der Waals surface area (Å²) < 4.78 is 5.82. The average Bonchev–Trinajstić information content (AvgIpc) is 2.45. The highest BCUT2D eigenvalue weighted by Gasteiger charge is 2.31. The molecule has 0 aliphatic heterocycles. The molecular formula is C18H29NO. The van der Waals surface area contributed by atoms with Crippen LogP contribution in [-0.4, -0.2) is 13.7 Å². The molecule has 1 aliphatic carbocycles. The maximum absolute atomic E-state index is 5.82. The Morgan fingerprint density at radius 2 is 1.95 bits per heavy atom. The number of hydrogen-bond donors (Lipinski definition) is 1. The van der Waals surface area contributed by atoms with Crippen LogP contribution >= 0.6 is 0 Å². The third kappa shape index (κ3) is 3.35. The molecule has 0 amide bonds. The van der Waals surface area contributed by atoms with Crippen LogP contribution in [0, 0.1) is 17.8 Å². The van der Waals surface area contributed by atoms with Crippen LogP contribution < -0.4 is 10.1 Å². The normalized spacial score (nSPS) is 28.1. The molecule has 0 saturated heterocycles. The van der Waals surface area contributed by atoms with Gasteiger partial charge in [0, 0.05) is 11.6 Å². The van der Waals surface area contributed by atoms with E-state index in [9.17, 15) is 0 Å². The van der Waals surface area contributed by atoms with Crippen molar-refractivity contribution in [3.8, 4) is 5.75 Å². The van der Waals surface area contributed by atoms with Crippen molar-refractivity contribution in [3.05, 3.63) is 29.8 Å². The van der Waals surface area contributed by atoms with E-state index in [1.165, 1.54) is 24.8 Å². The molecule has 0 bridgehead atoms. The Morgan fingerprint density at radius 1 is 1.20 bits per heavy atom. The molecule has 2 nitrogen and oxygen atoms in total. The zero-order chi connectivity index (χ0) is 14.5. The minimum absolute atomic E-state index is 0.410. The highest BCUT2D eigenvalue weighted by atomic mass is 16.5. The fourth-order valence-electron chi connectivity index (χ4n) is 3.56. The maximum atomic E-state index is 5.82. The standard InChI is InChI=1S/C18H29NO/c1-5-20-17-9-7-6-8-16(17)18(19-4)15-11-10-13(2)14(3)12-15/h6-9,13-15,18-19H,5,10-12H2,1-4H3. The summed E-state index contributed by atoms with van der Waals surface area (Å²) in [6.07, 6.45) is 3.98. The third-order valence-corrected chi connectivity index (χ3v) is 4.98. The summed E-state index contributed by atoms with van der Waals surface area (Å²) in [7, 11) is 2.08. The molecule has 112 valence electrons. The number of hydrogen-bond acceptors (Lipinski definition) is 2. The number of ether oxygens (including phenoxy) is 1. The second-order valence-corrected chi connectivity index (χ2v) is 6.26. The van der Waals surface area contributed by atoms with E-state index in [0.717, 1.165) is 24.2 Å². The predicted molar refractivity (Wildman–Crippen MR) is 85.1 cm³/mol. The lowest BCUT2D eigenvalue weighted by Crippen LogP contribution is -2.31. The lowest BCUT2D eigenvalue weighted by Gasteiger charge is -2.37. The summed E-state index contributed by atoms with van der Waals surface area (Å²) in [5, 5.41) is 3.54. The highest BCUT2D eigenvalue weighted by molar-refractivity contribution is 5.36. The summed E-state index contributed by atoms with van der Waals surface area (Å²) in [6.45, 7) is 7.57. The summed E-state index contributed by atoms with van der Waals surface area (Å²) in [5.74, 6) is 3.45. The van der Waals surface area contributed by atoms with Crippen molar-refractivity contribution in [2.24, 2.45) is 17.8 Å². The minimum atomic E-state index is 0.410. The van der Waals surface area contributed by atoms with Crippen molar-refractivity contribution in [1.29, 1.82) is 0 Å². The van der Waals surface area contributed by atoms with Crippen LogP contribution in [-0.2, 0) is 0 Å². The lowest BCUT2D eigenvalue weighted by atomic mass is 9.72. The van der Waals surface area contributed by atoms with Gasteiger partial charge in [-0.1, -0.05) is 38.5 Å². The Hall–Kier alpha value is -1.02. The molecule has 1 fully saturated rings. The van der Waals surface area contributed by atoms with Crippen molar-refractivity contribution in [3.63, 3.8) is 0 Å². The number of nitrogens with one attached hydrogen (secondary N) is 1. The molecule has 0 spiro atoms. The number of para-hydroxylation sites is 1. The molecule has 20 heavy (non-hydrogen) atoms. The summed E-state index contributed by atoms with van der Waals surface area (Å²) in [6, 6.07) is 8.91. The molecule has 4 unspecified atom stereocenters. The van der Waals surface area contributed by atoms with Gasteiger partial charge >= 0.3 is 0 Å². The summed E-state index contributed by atoms with van der Waals surface area (Å²) in [4.78, 5) is 0. The van der Waals surface area contributed by atoms with Crippen molar-refractivity contribution < 1.29 is 4.74 Å². The van der Waals surface area contributed by atoms with E-state index < -0.39 is 0 Å². The topological polar surface area (TPSA) is 21.3 Å². The smallest absolute Gasteiger partial charge is 0.124 e. The van der Waals surface area contributed by atoms with E-state index >= 15 is 0 Å². The van der Waals surface area contributed by atoms with Gasteiger partial charge in [-0.15, -0.1) is 0 Å². The van der Waals surface area contributed by atoms with Crippen LogP contribution in [0.1, 0.15) is 51.6 Å². The monoisotopic (exact) mass is 275 g/mol. The largest absolute Gasteiger partial charge is 0.494 e. The van der Waals surface area contributed by atoms with Crippen LogP contribution in [0.2, 0.25) is 0 Å². The van der Waals surface area contributed by atoms with Gasteiger partial charge in [0.15, 0.2) is 0 Å². The van der Waals surface area contributed by atoms with E-state index in [1.807, 2.05) is 0 Å². The second-order valence-electron chi connectivity index (χ2n) is 6.26. The Kier molecular flexibility index (Phi) is 5.47.